The zero-order valence-corrected chi connectivity index (χ0v) is 16.8. The van der Waals surface area contributed by atoms with Gasteiger partial charge in [-0.2, -0.15) is 0 Å². The molecule has 1 aromatic heterocycles. The number of anilines is 1. The molecule has 0 bridgehead atoms. The van der Waals surface area contributed by atoms with Crippen molar-refractivity contribution in [3.05, 3.63) is 52.7 Å². The minimum atomic E-state index is -0.331. The van der Waals surface area contributed by atoms with E-state index in [0.29, 0.717) is 36.6 Å². The number of aryl methyl sites for hydroxylation is 1. The first-order valence-corrected chi connectivity index (χ1v) is 10.1. The highest BCUT2D eigenvalue weighted by Crippen LogP contribution is 2.33. The van der Waals surface area contributed by atoms with E-state index in [4.69, 9.17) is 9.97 Å². The highest BCUT2D eigenvalue weighted by atomic mass is 19.1. The van der Waals surface area contributed by atoms with Crippen LogP contribution in [0.5, 0.6) is 0 Å². The summed E-state index contributed by atoms with van der Waals surface area (Å²) in [7, 11) is 0. The third-order valence-electron chi connectivity index (χ3n) is 5.87. The van der Waals surface area contributed by atoms with Gasteiger partial charge in [-0.15, -0.1) is 0 Å². The van der Waals surface area contributed by atoms with Crippen molar-refractivity contribution in [2.24, 2.45) is 0 Å². The van der Waals surface area contributed by atoms with Crippen LogP contribution in [-0.2, 0) is 22.6 Å². The van der Waals surface area contributed by atoms with Gasteiger partial charge in [0.05, 0.1) is 6.54 Å². The van der Waals surface area contributed by atoms with Crippen LogP contribution in [0.4, 0.5) is 10.2 Å². The van der Waals surface area contributed by atoms with Crippen molar-refractivity contribution in [1.29, 1.82) is 0 Å². The van der Waals surface area contributed by atoms with E-state index in [1.165, 1.54) is 6.07 Å². The Labute approximate surface area is 169 Å². The van der Waals surface area contributed by atoms with E-state index in [0.717, 1.165) is 30.6 Å². The number of carbonyl (C=O) groups excluding carboxylic acids is 2. The lowest BCUT2D eigenvalue weighted by Gasteiger charge is -2.33. The van der Waals surface area contributed by atoms with E-state index in [9.17, 15) is 14.0 Å². The molecule has 1 aromatic carbocycles. The monoisotopic (exact) mass is 396 g/mol. The van der Waals surface area contributed by atoms with E-state index >= 15 is 0 Å². The summed E-state index contributed by atoms with van der Waals surface area (Å²) >= 11 is 0. The maximum Gasteiger partial charge on any atom is 0.228 e. The van der Waals surface area contributed by atoms with E-state index in [1.807, 2.05) is 11.8 Å². The van der Waals surface area contributed by atoms with Crippen LogP contribution in [0.3, 0.4) is 0 Å². The summed E-state index contributed by atoms with van der Waals surface area (Å²) in [6.07, 6.45) is 2.77. The molecule has 0 aliphatic carbocycles. The van der Waals surface area contributed by atoms with Gasteiger partial charge in [0.1, 0.15) is 17.5 Å². The standard InChI is InChI=1S/C22H25FN4O2/c1-14-18-9-10-20(29)27(13-16-6-3-4-8-19(16)23)22(18)25-21(24-14)17-7-5-11-26(12-17)15(2)28/h3-4,6,8,17H,5,7,9-13H2,1-2H3/t17-/m0/s1. The predicted octanol–water partition coefficient (Wildman–Crippen LogP) is 3.13. The highest BCUT2D eigenvalue weighted by Gasteiger charge is 2.31. The smallest absolute Gasteiger partial charge is 0.228 e. The van der Waals surface area contributed by atoms with Crippen LogP contribution in [0.25, 0.3) is 0 Å². The van der Waals surface area contributed by atoms with Crippen LogP contribution in [-0.4, -0.2) is 39.8 Å². The molecule has 2 aliphatic heterocycles. The number of nitrogens with zero attached hydrogens (tertiary/aromatic N) is 4. The van der Waals surface area contributed by atoms with E-state index in [1.54, 1.807) is 30.0 Å². The first kappa shape index (κ1) is 19.5. The van der Waals surface area contributed by atoms with E-state index < -0.39 is 0 Å². The molecule has 0 N–H and O–H groups in total. The lowest BCUT2D eigenvalue weighted by atomic mass is 9.96. The number of hydrogen-bond acceptors (Lipinski definition) is 4. The lowest BCUT2D eigenvalue weighted by Crippen LogP contribution is -2.39. The quantitative estimate of drug-likeness (QED) is 0.800. The van der Waals surface area contributed by atoms with Crippen LogP contribution in [0, 0.1) is 12.7 Å². The van der Waals surface area contributed by atoms with Crippen molar-refractivity contribution in [1.82, 2.24) is 14.9 Å². The van der Waals surface area contributed by atoms with E-state index in [2.05, 4.69) is 0 Å². The predicted molar refractivity (Wildman–Crippen MR) is 107 cm³/mol. The van der Waals surface area contributed by atoms with Gasteiger partial charge in [-0.05, 0) is 32.3 Å². The number of amides is 2. The number of piperidine rings is 1. The summed E-state index contributed by atoms with van der Waals surface area (Å²) in [6, 6.07) is 6.50. The molecule has 6 nitrogen and oxygen atoms in total. The van der Waals surface area contributed by atoms with Crippen molar-refractivity contribution in [2.45, 2.75) is 52.0 Å². The summed E-state index contributed by atoms with van der Waals surface area (Å²) in [5.74, 6) is 0.971. The Kier molecular flexibility index (Phi) is 5.30. The number of carbonyl (C=O) groups is 2. The number of likely N-dealkylation sites (tertiary alicyclic amines) is 1. The SMILES string of the molecule is CC(=O)N1CCC[C@H](c2nc(C)c3c(n2)N(Cc2ccccc2F)C(=O)CC3)C1. The van der Waals surface area contributed by atoms with Crippen molar-refractivity contribution in [3.8, 4) is 0 Å². The molecule has 29 heavy (non-hydrogen) atoms. The van der Waals surface area contributed by atoms with Crippen LogP contribution >= 0.6 is 0 Å². The van der Waals surface area contributed by atoms with Crippen LogP contribution in [0.2, 0.25) is 0 Å². The van der Waals surface area contributed by atoms with Crippen molar-refractivity contribution < 1.29 is 14.0 Å². The van der Waals surface area contributed by atoms with Gasteiger partial charge in [0.15, 0.2) is 0 Å². The molecule has 0 radical (unpaired) electrons. The number of rotatable bonds is 3. The second-order valence-corrected chi connectivity index (χ2v) is 7.84. The van der Waals surface area contributed by atoms with Gasteiger partial charge in [-0.1, -0.05) is 18.2 Å². The minimum absolute atomic E-state index is 0.0454. The highest BCUT2D eigenvalue weighted by molar-refractivity contribution is 5.95. The van der Waals surface area contributed by atoms with Gasteiger partial charge < -0.3 is 4.90 Å². The molecule has 1 atom stereocenters. The molecule has 7 heteroatoms. The Morgan fingerprint density at radius 1 is 1.24 bits per heavy atom. The topological polar surface area (TPSA) is 66.4 Å². The molecule has 2 aromatic rings. The molecular formula is C22H25FN4O2. The second-order valence-electron chi connectivity index (χ2n) is 7.84. The fourth-order valence-corrected chi connectivity index (χ4v) is 4.22. The molecule has 3 heterocycles. The zero-order chi connectivity index (χ0) is 20.5. The van der Waals surface area contributed by atoms with Crippen molar-refractivity contribution in [2.75, 3.05) is 18.0 Å². The molecule has 0 spiro atoms. The molecule has 2 amide bonds. The van der Waals surface area contributed by atoms with E-state index in [-0.39, 0.29) is 30.1 Å². The Morgan fingerprint density at radius 3 is 2.79 bits per heavy atom. The summed E-state index contributed by atoms with van der Waals surface area (Å²) in [5, 5.41) is 0. The maximum atomic E-state index is 14.2. The van der Waals surface area contributed by atoms with Crippen LogP contribution in [0.15, 0.2) is 24.3 Å². The van der Waals surface area contributed by atoms with Gasteiger partial charge in [-0.25, -0.2) is 14.4 Å². The zero-order valence-electron chi connectivity index (χ0n) is 16.8. The Bertz CT molecular complexity index is 962. The molecule has 4 rings (SSSR count). The molecular weight excluding hydrogens is 371 g/mol. The van der Waals surface area contributed by atoms with Crippen LogP contribution in [0.1, 0.15) is 54.7 Å². The Hall–Kier alpha value is -2.83. The number of benzene rings is 1. The second kappa shape index (κ2) is 7.89. The normalized spacial score (nSPS) is 19.3. The van der Waals surface area contributed by atoms with Crippen LogP contribution < -0.4 is 4.90 Å². The number of aromatic nitrogens is 2. The summed E-state index contributed by atoms with van der Waals surface area (Å²) < 4.78 is 14.2. The van der Waals surface area contributed by atoms with Gasteiger partial charge in [-0.3, -0.25) is 14.5 Å². The molecule has 0 unspecified atom stereocenters. The average Bonchev–Trinajstić information content (AvgIpc) is 2.71. The first-order valence-electron chi connectivity index (χ1n) is 10.1. The summed E-state index contributed by atoms with van der Waals surface area (Å²) in [6.45, 7) is 5.02. The number of fused-ring (bicyclic) bond motifs is 1. The van der Waals surface area contributed by atoms with Crippen molar-refractivity contribution in [3.63, 3.8) is 0 Å². The molecule has 1 fully saturated rings. The van der Waals surface area contributed by atoms with Gasteiger partial charge in [0, 0.05) is 49.2 Å². The Balaban J connectivity index is 1.69. The fourth-order valence-electron chi connectivity index (χ4n) is 4.22. The number of hydrogen-bond donors (Lipinski definition) is 0. The average molecular weight is 396 g/mol. The summed E-state index contributed by atoms with van der Waals surface area (Å²) in [5.41, 5.74) is 2.27. The van der Waals surface area contributed by atoms with Crippen molar-refractivity contribution >= 4 is 17.6 Å². The molecule has 152 valence electrons. The third kappa shape index (κ3) is 3.86. The molecule has 2 aliphatic rings. The summed E-state index contributed by atoms with van der Waals surface area (Å²) in [4.78, 5) is 37.4. The minimum Gasteiger partial charge on any atom is -0.342 e. The van der Waals surface area contributed by atoms with Gasteiger partial charge in [0.2, 0.25) is 11.8 Å². The van der Waals surface area contributed by atoms with Gasteiger partial charge >= 0.3 is 0 Å². The molecule has 1 saturated heterocycles. The maximum absolute atomic E-state index is 14.2. The lowest BCUT2D eigenvalue weighted by molar-refractivity contribution is -0.130. The van der Waals surface area contributed by atoms with Gasteiger partial charge in [0.25, 0.3) is 0 Å². The third-order valence-corrected chi connectivity index (χ3v) is 5.87. The fraction of sp³-hybridized carbons (Fsp3) is 0.455. The number of halogens is 1. The molecule has 0 saturated carbocycles. The largest absolute Gasteiger partial charge is 0.342 e. The first-order chi connectivity index (χ1) is 13.9. The Morgan fingerprint density at radius 2 is 2.03 bits per heavy atom.